The molecule has 2 rings (SSSR count). The number of ether oxygens (including phenoxy) is 2. The van der Waals surface area contributed by atoms with Crippen molar-refractivity contribution in [3.8, 4) is 11.5 Å². The molecule has 0 aliphatic rings. The SMILES string of the molecule is COc1cc(OC)c2c(=O)oc(C)cc2c1. The lowest BCUT2D eigenvalue weighted by Gasteiger charge is -2.07. The Morgan fingerprint density at radius 3 is 2.50 bits per heavy atom. The molecule has 0 unspecified atom stereocenters. The highest BCUT2D eigenvalue weighted by Crippen LogP contribution is 2.29. The van der Waals surface area contributed by atoms with Gasteiger partial charge >= 0.3 is 5.63 Å². The maximum absolute atomic E-state index is 11.7. The van der Waals surface area contributed by atoms with Gasteiger partial charge in [-0.1, -0.05) is 0 Å². The van der Waals surface area contributed by atoms with Crippen LogP contribution in [-0.4, -0.2) is 14.2 Å². The predicted octanol–water partition coefficient (Wildman–Crippen LogP) is 2.12. The van der Waals surface area contributed by atoms with Crippen molar-refractivity contribution in [2.45, 2.75) is 6.92 Å². The van der Waals surface area contributed by atoms with E-state index >= 15 is 0 Å². The van der Waals surface area contributed by atoms with Gasteiger partial charge in [0.25, 0.3) is 0 Å². The minimum atomic E-state index is -0.394. The Balaban J connectivity index is 2.89. The molecule has 0 saturated carbocycles. The van der Waals surface area contributed by atoms with Gasteiger partial charge in [0.1, 0.15) is 22.6 Å². The maximum atomic E-state index is 11.7. The number of benzene rings is 1. The van der Waals surface area contributed by atoms with Crippen LogP contribution in [-0.2, 0) is 0 Å². The van der Waals surface area contributed by atoms with E-state index in [2.05, 4.69) is 0 Å². The van der Waals surface area contributed by atoms with Crippen LogP contribution in [0.2, 0.25) is 0 Å². The van der Waals surface area contributed by atoms with Crippen molar-refractivity contribution < 1.29 is 13.9 Å². The molecule has 0 N–H and O–H groups in total. The van der Waals surface area contributed by atoms with Gasteiger partial charge in [-0.3, -0.25) is 0 Å². The summed E-state index contributed by atoms with van der Waals surface area (Å²) in [6.07, 6.45) is 0. The van der Waals surface area contributed by atoms with Gasteiger partial charge in [0.2, 0.25) is 0 Å². The molecule has 1 aromatic heterocycles. The van der Waals surface area contributed by atoms with Crippen LogP contribution >= 0.6 is 0 Å². The predicted molar refractivity (Wildman–Crippen MR) is 60.3 cm³/mol. The number of methoxy groups -OCH3 is 2. The third-order valence-corrected chi connectivity index (χ3v) is 2.38. The van der Waals surface area contributed by atoms with E-state index < -0.39 is 5.63 Å². The molecule has 4 nitrogen and oxygen atoms in total. The Morgan fingerprint density at radius 2 is 1.88 bits per heavy atom. The van der Waals surface area contributed by atoms with Crippen LogP contribution in [0.3, 0.4) is 0 Å². The van der Waals surface area contributed by atoms with Gasteiger partial charge in [0, 0.05) is 6.07 Å². The van der Waals surface area contributed by atoms with E-state index in [0.29, 0.717) is 22.6 Å². The van der Waals surface area contributed by atoms with E-state index in [1.165, 1.54) is 7.11 Å². The molecule has 0 atom stereocenters. The highest BCUT2D eigenvalue weighted by molar-refractivity contribution is 5.88. The normalized spacial score (nSPS) is 10.4. The smallest absolute Gasteiger partial charge is 0.347 e. The van der Waals surface area contributed by atoms with Crippen molar-refractivity contribution in [3.63, 3.8) is 0 Å². The summed E-state index contributed by atoms with van der Waals surface area (Å²) >= 11 is 0. The molecule has 4 heteroatoms. The first-order chi connectivity index (χ1) is 7.65. The second-order valence-electron chi connectivity index (χ2n) is 3.44. The number of hydrogen-bond acceptors (Lipinski definition) is 4. The largest absolute Gasteiger partial charge is 0.497 e. The average molecular weight is 220 g/mol. The Labute approximate surface area is 92.4 Å². The molecular formula is C12H12O4. The van der Waals surface area contributed by atoms with Gasteiger partial charge in [-0.05, 0) is 24.4 Å². The highest BCUT2D eigenvalue weighted by Gasteiger charge is 2.10. The van der Waals surface area contributed by atoms with Crippen LogP contribution in [0.4, 0.5) is 0 Å². The van der Waals surface area contributed by atoms with Crippen LogP contribution in [0.1, 0.15) is 5.76 Å². The molecule has 0 fully saturated rings. The number of hydrogen-bond donors (Lipinski definition) is 0. The molecule has 0 bridgehead atoms. The summed E-state index contributed by atoms with van der Waals surface area (Å²) < 4.78 is 15.3. The lowest BCUT2D eigenvalue weighted by Crippen LogP contribution is -2.03. The molecule has 1 heterocycles. The maximum Gasteiger partial charge on any atom is 0.347 e. The van der Waals surface area contributed by atoms with E-state index in [0.717, 1.165) is 5.39 Å². The second-order valence-corrected chi connectivity index (χ2v) is 3.44. The number of aryl methyl sites for hydroxylation is 1. The summed E-state index contributed by atoms with van der Waals surface area (Å²) in [5, 5.41) is 1.19. The lowest BCUT2D eigenvalue weighted by atomic mass is 10.1. The van der Waals surface area contributed by atoms with Crippen molar-refractivity contribution in [1.82, 2.24) is 0 Å². The third-order valence-electron chi connectivity index (χ3n) is 2.38. The van der Waals surface area contributed by atoms with Crippen LogP contribution in [0, 0.1) is 6.92 Å². The minimum absolute atomic E-state index is 0.394. The zero-order chi connectivity index (χ0) is 11.7. The molecule has 1 aromatic carbocycles. The molecule has 2 aromatic rings. The molecule has 0 amide bonds. The van der Waals surface area contributed by atoms with Crippen LogP contribution < -0.4 is 15.1 Å². The molecule has 0 saturated heterocycles. The van der Waals surface area contributed by atoms with Gasteiger partial charge in [-0.25, -0.2) is 4.79 Å². The fourth-order valence-electron chi connectivity index (χ4n) is 1.67. The van der Waals surface area contributed by atoms with Crippen molar-refractivity contribution in [1.29, 1.82) is 0 Å². The Hall–Kier alpha value is -1.97. The van der Waals surface area contributed by atoms with E-state index in [9.17, 15) is 4.79 Å². The second kappa shape index (κ2) is 3.89. The van der Waals surface area contributed by atoms with Crippen molar-refractivity contribution in [3.05, 3.63) is 34.4 Å². The molecule has 84 valence electrons. The summed E-state index contributed by atoms with van der Waals surface area (Å²) in [5.41, 5.74) is -0.394. The van der Waals surface area contributed by atoms with E-state index in [1.54, 1.807) is 32.2 Å². The fourth-order valence-corrected chi connectivity index (χ4v) is 1.67. The summed E-state index contributed by atoms with van der Waals surface area (Å²) in [6, 6.07) is 5.22. The van der Waals surface area contributed by atoms with Gasteiger partial charge in [-0.2, -0.15) is 0 Å². The quantitative estimate of drug-likeness (QED) is 0.777. The van der Waals surface area contributed by atoms with Gasteiger partial charge in [-0.15, -0.1) is 0 Å². The average Bonchev–Trinajstić information content (AvgIpc) is 2.26. The van der Waals surface area contributed by atoms with Crippen LogP contribution in [0.25, 0.3) is 10.8 Å². The summed E-state index contributed by atoms with van der Waals surface area (Å²) in [6.45, 7) is 1.73. The van der Waals surface area contributed by atoms with Gasteiger partial charge in [0.05, 0.1) is 14.2 Å². The molecule has 0 radical (unpaired) electrons. The van der Waals surface area contributed by atoms with Gasteiger partial charge < -0.3 is 13.9 Å². The first-order valence-corrected chi connectivity index (χ1v) is 4.82. The Bertz CT molecular complexity index is 583. The minimum Gasteiger partial charge on any atom is -0.497 e. The number of rotatable bonds is 2. The molecular weight excluding hydrogens is 208 g/mol. The van der Waals surface area contributed by atoms with E-state index in [4.69, 9.17) is 13.9 Å². The van der Waals surface area contributed by atoms with Crippen LogP contribution in [0.5, 0.6) is 11.5 Å². The molecule has 0 aliphatic carbocycles. The van der Waals surface area contributed by atoms with Crippen molar-refractivity contribution in [2.24, 2.45) is 0 Å². The summed E-state index contributed by atoms with van der Waals surface area (Å²) in [4.78, 5) is 11.7. The van der Waals surface area contributed by atoms with Crippen LogP contribution in [0.15, 0.2) is 27.4 Å². The highest BCUT2D eigenvalue weighted by atomic mass is 16.5. The van der Waals surface area contributed by atoms with Gasteiger partial charge in [0.15, 0.2) is 0 Å². The first kappa shape index (κ1) is 10.5. The lowest BCUT2D eigenvalue weighted by molar-refractivity contribution is 0.396. The zero-order valence-corrected chi connectivity index (χ0v) is 9.37. The first-order valence-electron chi connectivity index (χ1n) is 4.82. The summed E-state index contributed by atoms with van der Waals surface area (Å²) in [5.74, 6) is 1.67. The van der Waals surface area contributed by atoms with Crippen molar-refractivity contribution in [2.75, 3.05) is 14.2 Å². The standard InChI is InChI=1S/C12H12O4/c1-7-4-8-5-9(14-2)6-10(15-3)11(8)12(13)16-7/h4-6H,1-3H3. The third kappa shape index (κ3) is 1.62. The summed E-state index contributed by atoms with van der Waals surface area (Å²) in [7, 11) is 3.08. The zero-order valence-electron chi connectivity index (χ0n) is 9.37. The fraction of sp³-hybridized carbons (Fsp3) is 0.250. The topological polar surface area (TPSA) is 48.7 Å². The molecule has 0 aliphatic heterocycles. The van der Waals surface area contributed by atoms with E-state index in [-0.39, 0.29) is 0 Å². The molecule has 16 heavy (non-hydrogen) atoms. The molecule has 0 spiro atoms. The number of fused-ring (bicyclic) bond motifs is 1. The van der Waals surface area contributed by atoms with Crippen molar-refractivity contribution >= 4 is 10.8 Å². The Kier molecular flexibility index (Phi) is 2.56. The Morgan fingerprint density at radius 1 is 1.12 bits per heavy atom. The van der Waals surface area contributed by atoms with E-state index in [1.807, 2.05) is 0 Å². The monoisotopic (exact) mass is 220 g/mol.